The molecule has 3 aliphatic heterocycles. The van der Waals surface area contributed by atoms with Crippen molar-refractivity contribution in [3.63, 3.8) is 0 Å². The molecule has 2 spiro atoms. The molecule has 1 aromatic carbocycles. The van der Waals surface area contributed by atoms with Crippen LogP contribution in [0, 0.1) is 5.92 Å². The fourth-order valence-corrected chi connectivity index (χ4v) is 6.93. The van der Waals surface area contributed by atoms with Gasteiger partial charge < -0.3 is 15.0 Å². The van der Waals surface area contributed by atoms with E-state index in [-0.39, 0.29) is 23.2 Å². The van der Waals surface area contributed by atoms with Gasteiger partial charge in [0.05, 0.1) is 18.0 Å². The van der Waals surface area contributed by atoms with Gasteiger partial charge in [-0.05, 0) is 37.8 Å². The van der Waals surface area contributed by atoms with Crippen molar-refractivity contribution in [2.75, 3.05) is 18.4 Å². The van der Waals surface area contributed by atoms with Crippen molar-refractivity contribution < 1.29 is 22.7 Å². The number of rotatable bonds is 1. The molecule has 2 N–H and O–H groups in total. The molecule has 0 radical (unpaired) electrons. The van der Waals surface area contributed by atoms with Crippen LogP contribution in [-0.4, -0.2) is 49.5 Å². The molecule has 1 amide bonds. The molecule has 0 aromatic heterocycles. The van der Waals surface area contributed by atoms with Gasteiger partial charge in [0.15, 0.2) is 0 Å². The highest BCUT2D eigenvalue weighted by Crippen LogP contribution is 2.46. The zero-order valence-corrected chi connectivity index (χ0v) is 17.0. The Morgan fingerprint density at radius 1 is 1.10 bits per heavy atom. The fraction of sp³-hybridized carbons (Fsp3) is 0.600. The first-order valence-corrected chi connectivity index (χ1v) is 11.7. The van der Waals surface area contributed by atoms with Crippen LogP contribution in [-0.2, 0) is 24.3 Å². The van der Waals surface area contributed by atoms with Gasteiger partial charge in [-0.25, -0.2) is 8.42 Å². The number of hydrogen-bond acceptors (Lipinski definition) is 6. The number of para-hydroxylation sites is 1. The predicted octanol–water partition coefficient (Wildman–Crippen LogP) is 1.58. The van der Waals surface area contributed by atoms with Gasteiger partial charge in [-0.15, -0.1) is 0 Å². The first-order valence-electron chi connectivity index (χ1n) is 10.2. The minimum atomic E-state index is -3.61. The number of sulfonamides is 1. The third kappa shape index (κ3) is 3.02. The number of nitrogens with one attached hydrogen (secondary N) is 2. The van der Waals surface area contributed by atoms with Crippen molar-refractivity contribution in [3.05, 3.63) is 24.3 Å². The summed E-state index contributed by atoms with van der Waals surface area (Å²) in [5.41, 5.74) is -0.824. The second kappa shape index (κ2) is 6.43. The lowest BCUT2D eigenvalue weighted by Crippen LogP contribution is -2.63. The van der Waals surface area contributed by atoms with Gasteiger partial charge >= 0.3 is 5.97 Å². The van der Waals surface area contributed by atoms with Crippen LogP contribution in [0.1, 0.15) is 44.9 Å². The van der Waals surface area contributed by atoms with Crippen LogP contribution in [0.25, 0.3) is 0 Å². The summed E-state index contributed by atoms with van der Waals surface area (Å²) in [6, 6.07) is 6.84. The van der Waals surface area contributed by atoms with E-state index in [1.54, 1.807) is 29.2 Å². The molecule has 1 saturated carbocycles. The zero-order valence-electron chi connectivity index (χ0n) is 16.1. The number of amides is 1. The molecular weight excluding hydrogens is 394 g/mol. The quantitative estimate of drug-likeness (QED) is 0.670. The van der Waals surface area contributed by atoms with Crippen LogP contribution in [0.2, 0.25) is 0 Å². The molecule has 1 aromatic rings. The molecule has 8 nitrogen and oxygen atoms in total. The number of hydrogen-bond donors (Lipinski definition) is 2. The third-order valence-electron chi connectivity index (χ3n) is 6.88. The Labute approximate surface area is 170 Å². The Bertz CT molecular complexity index is 962. The lowest BCUT2D eigenvalue weighted by atomic mass is 9.84. The van der Waals surface area contributed by atoms with Gasteiger partial charge in [-0.3, -0.25) is 9.59 Å². The number of carbonyl (C=O) groups excluding carboxylic acids is 2. The van der Waals surface area contributed by atoms with E-state index in [9.17, 15) is 18.0 Å². The van der Waals surface area contributed by atoms with Crippen molar-refractivity contribution in [1.29, 1.82) is 0 Å². The number of ether oxygens (including phenoxy) is 1. The predicted molar refractivity (Wildman–Crippen MR) is 104 cm³/mol. The van der Waals surface area contributed by atoms with Crippen molar-refractivity contribution in [2.24, 2.45) is 5.92 Å². The second-order valence-electron chi connectivity index (χ2n) is 8.64. The molecule has 1 atom stereocenters. The van der Waals surface area contributed by atoms with E-state index < -0.39 is 27.2 Å². The van der Waals surface area contributed by atoms with E-state index in [4.69, 9.17) is 4.74 Å². The summed E-state index contributed by atoms with van der Waals surface area (Å²) in [5, 5.41) is 3.35. The van der Waals surface area contributed by atoms with Gasteiger partial charge in [-0.2, -0.15) is 4.72 Å². The molecule has 3 fully saturated rings. The van der Waals surface area contributed by atoms with Gasteiger partial charge in [-0.1, -0.05) is 12.1 Å². The number of nitrogens with zero attached hydrogens (tertiary/aromatic N) is 1. The van der Waals surface area contributed by atoms with Crippen molar-refractivity contribution in [3.8, 4) is 0 Å². The largest absolute Gasteiger partial charge is 0.458 e. The van der Waals surface area contributed by atoms with Crippen molar-refractivity contribution >= 4 is 27.6 Å². The smallest absolute Gasteiger partial charge is 0.307 e. The van der Waals surface area contributed by atoms with Crippen LogP contribution in [0.5, 0.6) is 0 Å². The van der Waals surface area contributed by atoms with E-state index in [2.05, 4.69) is 10.0 Å². The lowest BCUT2D eigenvalue weighted by molar-refractivity contribution is -0.152. The molecule has 4 aliphatic rings. The topological polar surface area (TPSA) is 105 Å². The molecule has 29 heavy (non-hydrogen) atoms. The highest BCUT2D eigenvalue weighted by Gasteiger charge is 2.55. The minimum Gasteiger partial charge on any atom is -0.458 e. The molecule has 1 aliphatic carbocycles. The summed E-state index contributed by atoms with van der Waals surface area (Å²) in [6.07, 6.45) is 4.53. The van der Waals surface area contributed by atoms with Crippen LogP contribution < -0.4 is 10.0 Å². The minimum absolute atomic E-state index is 0.0355. The number of fused-ring (bicyclic) bond motifs is 1. The van der Waals surface area contributed by atoms with Gasteiger partial charge in [0.1, 0.15) is 16.2 Å². The SMILES string of the molecule is O=C1CC(C(=O)N2CCC3(CC2)Nc2ccccc2S(=O)(=O)N3)C2(CCCC2)O1. The Balaban J connectivity index is 1.32. The van der Waals surface area contributed by atoms with E-state index in [0.717, 1.165) is 25.7 Å². The molecule has 0 bridgehead atoms. The molecule has 9 heteroatoms. The summed E-state index contributed by atoms with van der Waals surface area (Å²) < 4.78 is 33.8. The fourth-order valence-electron chi connectivity index (χ4n) is 5.38. The van der Waals surface area contributed by atoms with E-state index >= 15 is 0 Å². The maximum absolute atomic E-state index is 13.2. The van der Waals surface area contributed by atoms with Crippen molar-refractivity contribution in [2.45, 2.75) is 61.1 Å². The molecular formula is C20H25N3O5S. The standard InChI is InChI=1S/C20H25N3O5S/c24-17-13-14(19(28-17)7-3-4-8-19)18(25)23-11-9-20(10-12-23)21-15-5-1-2-6-16(15)29(26,27)22-20/h1-2,5-6,14,21-22H,3-4,7-13H2. The van der Waals surface area contributed by atoms with Crippen molar-refractivity contribution in [1.82, 2.24) is 9.62 Å². The molecule has 2 saturated heterocycles. The molecule has 3 heterocycles. The number of anilines is 1. The van der Waals surface area contributed by atoms with Gasteiger partial charge in [0.2, 0.25) is 15.9 Å². The molecule has 156 valence electrons. The number of likely N-dealkylation sites (tertiary alicyclic amines) is 1. The summed E-state index contributed by atoms with van der Waals surface area (Å²) >= 11 is 0. The first-order chi connectivity index (χ1) is 13.8. The van der Waals surface area contributed by atoms with E-state index in [1.807, 2.05) is 0 Å². The number of piperidine rings is 1. The Morgan fingerprint density at radius 2 is 1.79 bits per heavy atom. The average Bonchev–Trinajstić information content (AvgIpc) is 3.28. The Kier molecular flexibility index (Phi) is 4.19. The highest BCUT2D eigenvalue weighted by atomic mass is 32.2. The lowest BCUT2D eigenvalue weighted by Gasteiger charge is -2.46. The van der Waals surface area contributed by atoms with Crippen LogP contribution >= 0.6 is 0 Å². The van der Waals surface area contributed by atoms with E-state index in [1.165, 1.54) is 0 Å². The van der Waals surface area contributed by atoms with Gasteiger partial charge in [0.25, 0.3) is 0 Å². The first kappa shape index (κ1) is 18.9. The second-order valence-corrected chi connectivity index (χ2v) is 10.3. The summed E-state index contributed by atoms with van der Waals surface area (Å²) in [7, 11) is -3.61. The number of carbonyl (C=O) groups is 2. The number of benzene rings is 1. The summed E-state index contributed by atoms with van der Waals surface area (Å²) in [5.74, 6) is -0.730. The zero-order chi connectivity index (χ0) is 20.3. The summed E-state index contributed by atoms with van der Waals surface area (Å²) in [4.78, 5) is 27.2. The van der Waals surface area contributed by atoms with E-state index in [0.29, 0.717) is 31.6 Å². The molecule has 5 rings (SSSR count). The van der Waals surface area contributed by atoms with Gasteiger partial charge in [0, 0.05) is 25.9 Å². The normalized spacial score (nSPS) is 28.8. The maximum Gasteiger partial charge on any atom is 0.307 e. The number of esters is 1. The molecule has 1 unspecified atom stereocenters. The van der Waals surface area contributed by atoms with Crippen LogP contribution in [0.15, 0.2) is 29.2 Å². The monoisotopic (exact) mass is 419 g/mol. The highest BCUT2D eigenvalue weighted by molar-refractivity contribution is 7.89. The summed E-state index contributed by atoms with van der Waals surface area (Å²) in [6.45, 7) is 0.856. The van der Waals surface area contributed by atoms with Crippen LogP contribution in [0.3, 0.4) is 0 Å². The van der Waals surface area contributed by atoms with Crippen LogP contribution in [0.4, 0.5) is 5.69 Å². The third-order valence-corrected chi connectivity index (χ3v) is 8.47. The average molecular weight is 420 g/mol. The Hall–Kier alpha value is -2.13. The maximum atomic E-state index is 13.2. The Morgan fingerprint density at radius 3 is 2.52 bits per heavy atom.